The van der Waals surface area contributed by atoms with Crippen molar-refractivity contribution in [3.05, 3.63) is 47.0 Å². The Balaban J connectivity index is 0.000000401. The molecule has 0 aliphatic heterocycles. The Hall–Kier alpha value is -1.70. The van der Waals surface area contributed by atoms with Gasteiger partial charge in [0.1, 0.15) is 12.6 Å². The Morgan fingerprint density at radius 3 is 2.09 bits per heavy atom. The smallest absolute Gasteiger partial charge is 0.127 e. The zero-order valence-electron chi connectivity index (χ0n) is 14.5. The fourth-order valence-corrected chi connectivity index (χ4v) is 1.89. The minimum atomic E-state index is 0.0237. The minimum absolute atomic E-state index is 0.0237. The fourth-order valence-electron chi connectivity index (χ4n) is 1.89. The highest BCUT2D eigenvalue weighted by Gasteiger charge is 2.00. The molecule has 0 aliphatic carbocycles. The summed E-state index contributed by atoms with van der Waals surface area (Å²) in [4.78, 5) is 20.3. The number of unbranched alkanes of at least 4 members (excludes halogenated alkanes) is 4. The molecule has 2 heteroatoms. The van der Waals surface area contributed by atoms with Crippen molar-refractivity contribution < 1.29 is 9.59 Å². The summed E-state index contributed by atoms with van der Waals surface area (Å²) >= 11 is 0. The third-order valence-electron chi connectivity index (χ3n) is 3.39. The van der Waals surface area contributed by atoms with Gasteiger partial charge in [0.15, 0.2) is 0 Å². The fraction of sp³-hybridized carbons (Fsp3) is 0.500. The summed E-state index contributed by atoms with van der Waals surface area (Å²) in [6.07, 6.45) is 9.57. The highest BCUT2D eigenvalue weighted by molar-refractivity contribution is 5.61. The average molecular weight is 302 g/mol. The quantitative estimate of drug-likeness (QED) is 0.366. The lowest BCUT2D eigenvalue weighted by molar-refractivity contribution is -0.109. The molecule has 0 aliphatic rings. The van der Waals surface area contributed by atoms with Crippen LogP contribution in [0, 0.1) is 6.92 Å². The van der Waals surface area contributed by atoms with Crippen LogP contribution in [0.2, 0.25) is 0 Å². The van der Waals surface area contributed by atoms with Crippen LogP contribution in [-0.4, -0.2) is 12.6 Å². The largest absolute Gasteiger partial charge is 0.303 e. The Labute approximate surface area is 135 Å². The highest BCUT2D eigenvalue weighted by Crippen LogP contribution is 2.12. The van der Waals surface area contributed by atoms with E-state index in [0.717, 1.165) is 31.0 Å². The van der Waals surface area contributed by atoms with E-state index in [9.17, 15) is 9.59 Å². The van der Waals surface area contributed by atoms with Crippen molar-refractivity contribution in [2.24, 2.45) is 0 Å². The van der Waals surface area contributed by atoms with E-state index in [4.69, 9.17) is 0 Å². The number of aldehydes is 2. The number of aryl methyl sites for hydroxylation is 1. The first-order chi connectivity index (χ1) is 10.5. The van der Waals surface area contributed by atoms with Gasteiger partial charge in [-0.05, 0) is 45.6 Å². The molecule has 0 heterocycles. The summed E-state index contributed by atoms with van der Waals surface area (Å²) in [6, 6.07) is 8.04. The zero-order chi connectivity index (χ0) is 16.8. The number of carbonyl (C=O) groups is 2. The lowest BCUT2D eigenvalue weighted by atomic mass is 10.0. The highest BCUT2D eigenvalue weighted by atomic mass is 16.1. The third kappa shape index (κ3) is 11.0. The summed E-state index contributed by atoms with van der Waals surface area (Å²) in [5.41, 5.74) is 3.71. The number of carbonyl (C=O) groups excluding carboxylic acids is 2. The number of hydrogen-bond acceptors (Lipinski definition) is 2. The lowest BCUT2D eigenvalue weighted by Crippen LogP contribution is -1.93. The topological polar surface area (TPSA) is 34.1 Å². The summed E-state index contributed by atoms with van der Waals surface area (Å²) < 4.78 is 0. The Kier molecular flexibility index (Phi) is 12.0. The monoisotopic (exact) mass is 302 g/mol. The van der Waals surface area contributed by atoms with Gasteiger partial charge in [-0.2, -0.15) is 0 Å². The summed E-state index contributed by atoms with van der Waals surface area (Å²) in [7, 11) is 0. The van der Waals surface area contributed by atoms with Crippen molar-refractivity contribution in [1.29, 1.82) is 0 Å². The van der Waals surface area contributed by atoms with Crippen molar-refractivity contribution in [3.63, 3.8) is 0 Å². The van der Waals surface area contributed by atoms with Crippen molar-refractivity contribution in [3.8, 4) is 0 Å². The van der Waals surface area contributed by atoms with E-state index in [1.54, 1.807) is 0 Å². The van der Waals surface area contributed by atoms with Crippen molar-refractivity contribution in [2.75, 3.05) is 0 Å². The molecule has 1 aromatic carbocycles. The van der Waals surface area contributed by atoms with Gasteiger partial charge < -0.3 is 9.59 Å². The maximum atomic E-state index is 10.4. The molecule has 0 radical (unpaired) electrons. The summed E-state index contributed by atoms with van der Waals surface area (Å²) in [5, 5.41) is 0. The van der Waals surface area contributed by atoms with Crippen LogP contribution in [0.5, 0.6) is 0 Å². The van der Waals surface area contributed by atoms with Gasteiger partial charge in [0, 0.05) is 12.3 Å². The molecule has 1 atom stereocenters. The number of hydrogen-bond donors (Lipinski definition) is 0. The van der Waals surface area contributed by atoms with Crippen LogP contribution in [0.25, 0.3) is 0 Å². The molecule has 1 unspecified atom stereocenters. The third-order valence-corrected chi connectivity index (χ3v) is 3.39. The van der Waals surface area contributed by atoms with Crippen molar-refractivity contribution in [1.82, 2.24) is 0 Å². The number of benzene rings is 1. The molecule has 1 rings (SSSR count). The second kappa shape index (κ2) is 13.0. The van der Waals surface area contributed by atoms with Gasteiger partial charge in [-0.1, -0.05) is 54.8 Å². The van der Waals surface area contributed by atoms with Crippen molar-refractivity contribution >= 4 is 12.6 Å². The van der Waals surface area contributed by atoms with Gasteiger partial charge in [-0.15, -0.1) is 0 Å². The normalized spacial score (nSPS) is 10.9. The van der Waals surface area contributed by atoms with E-state index in [1.807, 2.05) is 38.1 Å². The number of rotatable bonds is 8. The minimum Gasteiger partial charge on any atom is -0.303 e. The molecule has 0 saturated heterocycles. The van der Waals surface area contributed by atoms with Gasteiger partial charge in [-0.25, -0.2) is 0 Å². The average Bonchev–Trinajstić information content (AvgIpc) is 2.51. The van der Waals surface area contributed by atoms with Crippen molar-refractivity contribution in [2.45, 2.75) is 65.7 Å². The first kappa shape index (κ1) is 20.3. The van der Waals surface area contributed by atoms with Gasteiger partial charge in [-0.3, -0.25) is 0 Å². The Morgan fingerprint density at radius 2 is 1.59 bits per heavy atom. The second-order valence-corrected chi connectivity index (χ2v) is 5.92. The number of allylic oxidation sites excluding steroid dienone is 2. The van der Waals surface area contributed by atoms with E-state index in [2.05, 4.69) is 19.9 Å². The summed E-state index contributed by atoms with van der Waals surface area (Å²) in [6.45, 7) is 8.17. The molecule has 0 saturated carbocycles. The Morgan fingerprint density at radius 1 is 1.00 bits per heavy atom. The first-order valence-electron chi connectivity index (χ1n) is 8.10. The van der Waals surface area contributed by atoms with Crippen LogP contribution in [0.15, 0.2) is 35.9 Å². The van der Waals surface area contributed by atoms with Gasteiger partial charge >= 0.3 is 0 Å². The van der Waals surface area contributed by atoms with E-state index in [0.29, 0.717) is 0 Å². The second-order valence-electron chi connectivity index (χ2n) is 5.92. The standard InChI is InChI=1S/C10H12O.C10H18O/c1-8-3-5-10(6-4-8)9(2)7-11;1-10(2)8-6-4-3-5-7-9-11/h3-7,9H,1-2H3;8-9H,3-7H2,1-2H3. The molecular formula is C20H30O2. The summed E-state index contributed by atoms with van der Waals surface area (Å²) in [5.74, 6) is 0.0237. The molecule has 0 spiro atoms. The maximum absolute atomic E-state index is 10.4. The predicted molar refractivity (Wildman–Crippen MR) is 94.2 cm³/mol. The van der Waals surface area contributed by atoms with E-state index in [1.165, 1.54) is 30.4 Å². The SMILES string of the molecule is CC(C)=CCCCCCC=O.Cc1ccc(C(C)C=O)cc1. The van der Waals surface area contributed by atoms with Gasteiger partial charge in [0.05, 0.1) is 0 Å². The molecule has 0 fully saturated rings. The molecule has 0 N–H and O–H groups in total. The molecule has 0 amide bonds. The van der Waals surface area contributed by atoms with Crippen LogP contribution < -0.4 is 0 Å². The van der Waals surface area contributed by atoms with Crippen LogP contribution in [0.1, 0.15) is 69.9 Å². The van der Waals surface area contributed by atoms with Gasteiger partial charge in [0.2, 0.25) is 0 Å². The zero-order valence-corrected chi connectivity index (χ0v) is 14.5. The predicted octanol–water partition coefficient (Wildman–Crippen LogP) is 5.40. The van der Waals surface area contributed by atoms with Crippen LogP contribution >= 0.6 is 0 Å². The van der Waals surface area contributed by atoms with E-state index < -0.39 is 0 Å². The van der Waals surface area contributed by atoms with Crippen LogP contribution in [0.4, 0.5) is 0 Å². The van der Waals surface area contributed by atoms with Gasteiger partial charge in [0.25, 0.3) is 0 Å². The first-order valence-corrected chi connectivity index (χ1v) is 8.10. The maximum Gasteiger partial charge on any atom is 0.127 e. The molecule has 0 aromatic heterocycles. The molecule has 122 valence electrons. The molecule has 0 bridgehead atoms. The lowest BCUT2D eigenvalue weighted by Gasteiger charge is -2.02. The van der Waals surface area contributed by atoms with E-state index >= 15 is 0 Å². The molecule has 2 nitrogen and oxygen atoms in total. The molecule has 22 heavy (non-hydrogen) atoms. The van der Waals surface area contributed by atoms with Crippen LogP contribution in [-0.2, 0) is 9.59 Å². The molecule has 1 aromatic rings. The van der Waals surface area contributed by atoms with Crippen LogP contribution in [0.3, 0.4) is 0 Å². The van der Waals surface area contributed by atoms with E-state index in [-0.39, 0.29) is 5.92 Å². The molecular weight excluding hydrogens is 272 g/mol. The Bertz CT molecular complexity index is 439.